The predicted molar refractivity (Wildman–Crippen MR) is 90.3 cm³/mol. The Hall–Kier alpha value is -1.32. The molecule has 1 saturated heterocycles. The monoisotopic (exact) mass is 318 g/mol. The molecule has 1 N–H and O–H groups in total. The number of allylic oxidation sites excluding steroid dienone is 1. The Morgan fingerprint density at radius 1 is 1.09 bits per heavy atom. The predicted octanol–water partition coefficient (Wildman–Crippen LogP) is 3.64. The minimum absolute atomic E-state index is 0.0599. The van der Waals surface area contributed by atoms with E-state index in [-0.39, 0.29) is 5.91 Å². The van der Waals surface area contributed by atoms with E-state index in [0.717, 1.165) is 32.4 Å². The lowest BCUT2D eigenvalue weighted by Crippen LogP contribution is -2.48. The van der Waals surface area contributed by atoms with Gasteiger partial charge in [-0.25, -0.2) is 0 Å². The lowest BCUT2D eigenvalue weighted by molar-refractivity contribution is 0.0701. The van der Waals surface area contributed by atoms with Crippen molar-refractivity contribution < 1.29 is 4.79 Å². The van der Waals surface area contributed by atoms with Gasteiger partial charge in [0.25, 0.3) is 5.91 Å². The number of likely N-dealkylation sites (tertiary alicyclic amines) is 1. The van der Waals surface area contributed by atoms with E-state index in [2.05, 4.69) is 17.5 Å². The zero-order valence-electron chi connectivity index (χ0n) is 12.8. The van der Waals surface area contributed by atoms with Gasteiger partial charge in [0.05, 0.1) is 10.6 Å². The molecule has 0 aromatic heterocycles. The fourth-order valence-corrected chi connectivity index (χ4v) is 3.55. The number of amides is 1. The topological polar surface area (TPSA) is 32.3 Å². The van der Waals surface area contributed by atoms with Gasteiger partial charge in [0.2, 0.25) is 0 Å². The van der Waals surface area contributed by atoms with Gasteiger partial charge in [-0.05, 0) is 44.2 Å². The first-order chi connectivity index (χ1) is 10.7. The number of halogens is 1. The maximum Gasteiger partial charge on any atom is 0.255 e. The van der Waals surface area contributed by atoms with Crippen molar-refractivity contribution in [1.29, 1.82) is 0 Å². The van der Waals surface area contributed by atoms with Crippen molar-refractivity contribution in [3.63, 3.8) is 0 Å². The summed E-state index contributed by atoms with van der Waals surface area (Å²) in [6.45, 7) is 1.62. The van der Waals surface area contributed by atoms with Crippen molar-refractivity contribution in [3.8, 4) is 0 Å². The van der Waals surface area contributed by atoms with Crippen LogP contribution < -0.4 is 5.32 Å². The van der Waals surface area contributed by atoms with Crippen LogP contribution in [0.1, 0.15) is 42.5 Å². The highest BCUT2D eigenvalue weighted by molar-refractivity contribution is 6.33. The number of nitrogens with zero attached hydrogens (tertiary/aromatic N) is 1. The fourth-order valence-electron chi connectivity index (χ4n) is 3.33. The molecule has 0 unspecified atom stereocenters. The van der Waals surface area contributed by atoms with E-state index in [4.69, 9.17) is 11.6 Å². The number of hydrogen-bond donors (Lipinski definition) is 1. The molecule has 1 amide bonds. The first kappa shape index (κ1) is 15.6. The molecule has 1 aromatic rings. The summed E-state index contributed by atoms with van der Waals surface area (Å²) in [5, 5.41) is 4.30. The van der Waals surface area contributed by atoms with Crippen LogP contribution in [0.4, 0.5) is 0 Å². The lowest BCUT2D eigenvalue weighted by Gasteiger charge is -2.35. The van der Waals surface area contributed by atoms with Crippen LogP contribution in [0.3, 0.4) is 0 Å². The zero-order chi connectivity index (χ0) is 15.4. The first-order valence-electron chi connectivity index (χ1n) is 8.19. The number of piperidine rings is 1. The second-order valence-corrected chi connectivity index (χ2v) is 6.60. The molecule has 1 aromatic carbocycles. The first-order valence-corrected chi connectivity index (χ1v) is 8.56. The number of rotatable bonds is 3. The van der Waals surface area contributed by atoms with Crippen LogP contribution in [0.15, 0.2) is 36.4 Å². The zero-order valence-corrected chi connectivity index (χ0v) is 13.6. The quantitative estimate of drug-likeness (QED) is 0.863. The standard InChI is InChI=1S/C18H23ClN2O/c19-17-9-5-4-8-16(17)18(22)21-12-10-15(11-13-21)20-14-6-2-1-3-7-14/h1-2,4-5,8-9,14-15,20H,3,6-7,10-13H2/t14-/m1/s1. The van der Waals surface area contributed by atoms with Crippen LogP contribution in [0.2, 0.25) is 5.02 Å². The van der Waals surface area contributed by atoms with Gasteiger partial charge in [0.15, 0.2) is 0 Å². The van der Waals surface area contributed by atoms with Crippen molar-refractivity contribution in [1.82, 2.24) is 10.2 Å². The molecule has 1 aliphatic carbocycles. The van der Waals surface area contributed by atoms with Crippen molar-refractivity contribution in [2.24, 2.45) is 0 Å². The number of carbonyl (C=O) groups is 1. The Kier molecular flexibility index (Phi) is 5.16. The molecule has 3 rings (SSSR count). The summed E-state index contributed by atoms with van der Waals surface area (Å²) < 4.78 is 0. The summed E-state index contributed by atoms with van der Waals surface area (Å²) in [6, 6.07) is 8.45. The largest absolute Gasteiger partial charge is 0.338 e. The highest BCUT2D eigenvalue weighted by atomic mass is 35.5. The molecule has 3 nitrogen and oxygen atoms in total. The van der Waals surface area contributed by atoms with Gasteiger partial charge in [-0.15, -0.1) is 0 Å². The van der Waals surface area contributed by atoms with Crippen molar-refractivity contribution >= 4 is 17.5 Å². The van der Waals surface area contributed by atoms with Crippen LogP contribution in [0.5, 0.6) is 0 Å². The van der Waals surface area contributed by atoms with E-state index in [0.29, 0.717) is 22.7 Å². The Balaban J connectivity index is 1.52. The normalized spacial score (nSPS) is 22.8. The molecule has 2 aliphatic rings. The molecule has 1 atom stereocenters. The molecule has 0 saturated carbocycles. The maximum absolute atomic E-state index is 12.5. The Labute approximate surface area is 137 Å². The molecule has 1 aliphatic heterocycles. The van der Waals surface area contributed by atoms with Crippen LogP contribution in [-0.4, -0.2) is 36.0 Å². The van der Waals surface area contributed by atoms with E-state index in [1.807, 2.05) is 23.1 Å². The summed E-state index contributed by atoms with van der Waals surface area (Å²) >= 11 is 6.13. The molecular formula is C18H23ClN2O. The van der Waals surface area contributed by atoms with Gasteiger partial charge in [-0.3, -0.25) is 4.79 Å². The van der Waals surface area contributed by atoms with E-state index in [9.17, 15) is 4.79 Å². The average molecular weight is 319 g/mol. The Morgan fingerprint density at radius 3 is 2.55 bits per heavy atom. The minimum atomic E-state index is 0.0599. The second kappa shape index (κ2) is 7.30. The maximum atomic E-state index is 12.5. The average Bonchev–Trinajstić information content (AvgIpc) is 2.56. The summed E-state index contributed by atoms with van der Waals surface area (Å²) in [4.78, 5) is 14.5. The van der Waals surface area contributed by atoms with E-state index < -0.39 is 0 Å². The molecule has 4 heteroatoms. The highest BCUT2D eigenvalue weighted by Crippen LogP contribution is 2.21. The molecule has 1 heterocycles. The molecular weight excluding hydrogens is 296 g/mol. The van der Waals surface area contributed by atoms with E-state index >= 15 is 0 Å². The molecule has 118 valence electrons. The number of nitrogens with one attached hydrogen (secondary N) is 1. The Morgan fingerprint density at radius 2 is 1.86 bits per heavy atom. The van der Waals surface area contributed by atoms with Gasteiger partial charge in [0.1, 0.15) is 0 Å². The van der Waals surface area contributed by atoms with Crippen LogP contribution in [-0.2, 0) is 0 Å². The third kappa shape index (κ3) is 3.71. The molecule has 0 radical (unpaired) electrons. The van der Waals surface area contributed by atoms with E-state index in [1.54, 1.807) is 6.07 Å². The van der Waals surface area contributed by atoms with Crippen LogP contribution in [0.25, 0.3) is 0 Å². The summed E-state index contributed by atoms with van der Waals surface area (Å²) in [6.07, 6.45) is 10.1. The minimum Gasteiger partial charge on any atom is -0.338 e. The number of carbonyl (C=O) groups excluding carboxylic acids is 1. The van der Waals surface area contributed by atoms with Crippen LogP contribution >= 0.6 is 11.6 Å². The van der Waals surface area contributed by atoms with E-state index in [1.165, 1.54) is 12.8 Å². The summed E-state index contributed by atoms with van der Waals surface area (Å²) in [5.74, 6) is 0.0599. The summed E-state index contributed by atoms with van der Waals surface area (Å²) in [7, 11) is 0. The number of benzene rings is 1. The Bertz CT molecular complexity index is 550. The van der Waals surface area contributed by atoms with Crippen molar-refractivity contribution in [3.05, 3.63) is 47.0 Å². The van der Waals surface area contributed by atoms with Gasteiger partial charge in [-0.1, -0.05) is 35.9 Å². The third-order valence-electron chi connectivity index (χ3n) is 4.63. The van der Waals surface area contributed by atoms with Gasteiger partial charge < -0.3 is 10.2 Å². The molecule has 0 bridgehead atoms. The van der Waals surface area contributed by atoms with Crippen molar-refractivity contribution in [2.75, 3.05) is 13.1 Å². The SMILES string of the molecule is O=C(c1ccccc1Cl)N1CCC(N[C@@H]2CC=CCC2)CC1. The van der Waals surface area contributed by atoms with Gasteiger partial charge in [0, 0.05) is 25.2 Å². The smallest absolute Gasteiger partial charge is 0.255 e. The molecule has 0 spiro atoms. The van der Waals surface area contributed by atoms with Gasteiger partial charge in [-0.2, -0.15) is 0 Å². The fraction of sp³-hybridized carbons (Fsp3) is 0.500. The van der Waals surface area contributed by atoms with Crippen molar-refractivity contribution in [2.45, 2.75) is 44.2 Å². The molecule has 1 fully saturated rings. The van der Waals surface area contributed by atoms with Gasteiger partial charge >= 0.3 is 0 Å². The van der Waals surface area contributed by atoms with Crippen LogP contribution in [0, 0.1) is 0 Å². The third-order valence-corrected chi connectivity index (χ3v) is 4.96. The lowest BCUT2D eigenvalue weighted by atomic mass is 9.97. The summed E-state index contributed by atoms with van der Waals surface area (Å²) in [5.41, 5.74) is 0.619. The second-order valence-electron chi connectivity index (χ2n) is 6.19. The highest BCUT2D eigenvalue weighted by Gasteiger charge is 2.25. The molecule has 22 heavy (non-hydrogen) atoms. The number of hydrogen-bond acceptors (Lipinski definition) is 2.